The molecule has 0 heterocycles. The highest BCUT2D eigenvalue weighted by Gasteiger charge is 2.28. The van der Waals surface area contributed by atoms with Crippen LogP contribution in [0.15, 0.2) is 42.5 Å². The van der Waals surface area contributed by atoms with Gasteiger partial charge in [-0.15, -0.1) is 0 Å². The number of ether oxygens (including phenoxy) is 1. The molecule has 0 saturated carbocycles. The molecule has 2 aromatic carbocycles. The molecule has 0 N–H and O–H groups in total. The maximum absolute atomic E-state index is 12.6. The molecule has 0 saturated heterocycles. The van der Waals surface area contributed by atoms with Crippen LogP contribution in [0.1, 0.15) is 47.6 Å². The summed E-state index contributed by atoms with van der Waals surface area (Å²) in [5.41, 5.74) is 5.47. The number of carbonyl (C=O) groups is 1. The molecule has 2 aromatic rings. The lowest BCUT2D eigenvalue weighted by Gasteiger charge is -2.25. The molecule has 1 amide bonds. The highest BCUT2D eigenvalue weighted by Crippen LogP contribution is 2.34. The number of benzene rings is 2. The second-order valence-corrected chi connectivity index (χ2v) is 7.18. The predicted molar refractivity (Wildman–Crippen MR) is 98.9 cm³/mol. The van der Waals surface area contributed by atoms with Crippen LogP contribution in [0.3, 0.4) is 0 Å². The van der Waals surface area contributed by atoms with Crippen molar-refractivity contribution in [2.75, 3.05) is 13.7 Å². The van der Waals surface area contributed by atoms with Crippen LogP contribution in [-0.2, 0) is 24.1 Å². The van der Waals surface area contributed by atoms with Crippen molar-refractivity contribution in [3.05, 3.63) is 64.7 Å². The lowest BCUT2D eigenvalue weighted by molar-refractivity contribution is -0.134. The second-order valence-electron chi connectivity index (χ2n) is 7.18. The topological polar surface area (TPSA) is 29.5 Å². The number of hydrogen-bond acceptors (Lipinski definition) is 2. The van der Waals surface area contributed by atoms with E-state index in [0.29, 0.717) is 0 Å². The Kier molecular flexibility index (Phi) is 4.48. The van der Waals surface area contributed by atoms with E-state index in [1.54, 1.807) is 0 Å². The summed E-state index contributed by atoms with van der Waals surface area (Å²) < 4.78 is 5.81. The first kappa shape index (κ1) is 16.2. The van der Waals surface area contributed by atoms with Gasteiger partial charge in [-0.3, -0.25) is 4.79 Å². The predicted octanol–water partition coefficient (Wildman–Crippen LogP) is 4.09. The van der Waals surface area contributed by atoms with Crippen LogP contribution in [-0.4, -0.2) is 24.5 Å². The van der Waals surface area contributed by atoms with E-state index in [9.17, 15) is 4.79 Å². The van der Waals surface area contributed by atoms with Crippen molar-refractivity contribution in [1.29, 1.82) is 0 Å². The number of aryl methyl sites for hydroxylation is 3. The van der Waals surface area contributed by atoms with Gasteiger partial charge in [-0.05, 0) is 72.9 Å². The molecule has 130 valence electrons. The van der Waals surface area contributed by atoms with Crippen molar-refractivity contribution >= 4 is 5.91 Å². The maximum atomic E-state index is 12.6. The van der Waals surface area contributed by atoms with Gasteiger partial charge >= 0.3 is 0 Å². The van der Waals surface area contributed by atoms with Crippen LogP contribution >= 0.6 is 0 Å². The summed E-state index contributed by atoms with van der Waals surface area (Å²) in [5.74, 6) is 0.855. The van der Waals surface area contributed by atoms with Crippen molar-refractivity contribution in [2.45, 2.75) is 44.6 Å². The Bertz CT molecular complexity index is 783. The van der Waals surface area contributed by atoms with Gasteiger partial charge in [0.2, 0.25) is 0 Å². The van der Waals surface area contributed by atoms with E-state index in [0.717, 1.165) is 25.0 Å². The summed E-state index contributed by atoms with van der Waals surface area (Å²) in [6.07, 6.45) is 6.86. The molecule has 0 aliphatic heterocycles. The third-order valence-corrected chi connectivity index (χ3v) is 5.64. The van der Waals surface area contributed by atoms with E-state index in [2.05, 4.69) is 36.4 Å². The molecule has 1 atom stereocenters. The van der Waals surface area contributed by atoms with Crippen molar-refractivity contribution in [2.24, 2.45) is 0 Å². The molecular weight excluding hydrogens is 310 g/mol. The molecule has 0 fully saturated rings. The number of nitrogens with zero attached hydrogens (tertiary/aromatic N) is 1. The Hall–Kier alpha value is -2.29. The summed E-state index contributed by atoms with van der Waals surface area (Å²) >= 11 is 0. The van der Waals surface area contributed by atoms with E-state index in [4.69, 9.17) is 4.74 Å². The molecule has 0 radical (unpaired) electrons. The zero-order valence-electron chi connectivity index (χ0n) is 14.8. The standard InChI is InChI=1S/C22H25NO2/c1-23(21-13-11-17-7-4-5-9-20(17)21)22(24)15-25-19-12-10-16-6-2-3-8-18(16)14-19/h4-5,7,9-10,12,14,21H,2-3,6,8,11,13,15H2,1H3. The third kappa shape index (κ3) is 3.28. The minimum absolute atomic E-state index is 0.0411. The number of fused-ring (bicyclic) bond motifs is 2. The largest absolute Gasteiger partial charge is 0.484 e. The fourth-order valence-electron chi connectivity index (χ4n) is 4.16. The Morgan fingerprint density at radius 3 is 2.72 bits per heavy atom. The van der Waals surface area contributed by atoms with E-state index in [1.165, 1.54) is 41.5 Å². The van der Waals surface area contributed by atoms with Crippen LogP contribution in [0.5, 0.6) is 5.75 Å². The first-order chi connectivity index (χ1) is 12.2. The lowest BCUT2D eigenvalue weighted by Crippen LogP contribution is -2.34. The fourth-order valence-corrected chi connectivity index (χ4v) is 4.16. The quantitative estimate of drug-likeness (QED) is 0.842. The zero-order valence-corrected chi connectivity index (χ0v) is 14.8. The van der Waals surface area contributed by atoms with Gasteiger partial charge in [0.15, 0.2) is 6.61 Å². The zero-order chi connectivity index (χ0) is 17.2. The van der Waals surface area contributed by atoms with Gasteiger partial charge in [0.1, 0.15) is 5.75 Å². The number of rotatable bonds is 4. The van der Waals surface area contributed by atoms with E-state index in [-0.39, 0.29) is 18.6 Å². The summed E-state index contributed by atoms with van der Waals surface area (Å²) in [6.45, 7) is 0.105. The maximum Gasteiger partial charge on any atom is 0.260 e. The van der Waals surface area contributed by atoms with Crippen LogP contribution in [0.4, 0.5) is 0 Å². The van der Waals surface area contributed by atoms with Gasteiger partial charge in [-0.1, -0.05) is 30.3 Å². The molecule has 2 aliphatic rings. The van der Waals surface area contributed by atoms with Gasteiger partial charge in [0.05, 0.1) is 6.04 Å². The first-order valence-corrected chi connectivity index (χ1v) is 9.30. The highest BCUT2D eigenvalue weighted by molar-refractivity contribution is 5.78. The van der Waals surface area contributed by atoms with Crippen LogP contribution in [0, 0.1) is 0 Å². The van der Waals surface area contributed by atoms with Crippen LogP contribution in [0.2, 0.25) is 0 Å². The van der Waals surface area contributed by atoms with Crippen LogP contribution < -0.4 is 4.74 Å². The number of carbonyl (C=O) groups excluding carboxylic acids is 1. The summed E-state index contributed by atoms with van der Waals surface area (Å²) in [7, 11) is 1.89. The average molecular weight is 335 g/mol. The Morgan fingerprint density at radius 1 is 1.04 bits per heavy atom. The van der Waals surface area contributed by atoms with Crippen molar-refractivity contribution in [3.63, 3.8) is 0 Å². The molecule has 0 bridgehead atoms. The third-order valence-electron chi connectivity index (χ3n) is 5.64. The minimum atomic E-state index is 0.0411. The summed E-state index contributed by atoms with van der Waals surface area (Å²) in [4.78, 5) is 14.5. The molecule has 25 heavy (non-hydrogen) atoms. The van der Waals surface area contributed by atoms with E-state index in [1.807, 2.05) is 18.0 Å². The summed E-state index contributed by atoms with van der Waals surface area (Å²) in [6, 6.07) is 14.9. The Balaban J connectivity index is 1.39. The van der Waals surface area contributed by atoms with Crippen LogP contribution in [0.25, 0.3) is 0 Å². The molecule has 0 spiro atoms. The number of likely N-dealkylation sites (N-methyl/N-ethyl adjacent to an activating group) is 1. The molecule has 3 nitrogen and oxygen atoms in total. The fraction of sp³-hybridized carbons (Fsp3) is 0.409. The first-order valence-electron chi connectivity index (χ1n) is 9.30. The van der Waals surface area contributed by atoms with Crippen molar-refractivity contribution in [1.82, 2.24) is 4.90 Å². The molecule has 1 unspecified atom stereocenters. The summed E-state index contributed by atoms with van der Waals surface area (Å²) in [5, 5.41) is 0. The van der Waals surface area contributed by atoms with Crippen molar-refractivity contribution in [3.8, 4) is 5.75 Å². The molecular formula is C22H25NO2. The van der Waals surface area contributed by atoms with Gasteiger partial charge in [0.25, 0.3) is 5.91 Å². The van der Waals surface area contributed by atoms with E-state index < -0.39 is 0 Å². The molecule has 2 aliphatic carbocycles. The minimum Gasteiger partial charge on any atom is -0.484 e. The normalized spacial score (nSPS) is 18.4. The van der Waals surface area contributed by atoms with Crippen molar-refractivity contribution < 1.29 is 9.53 Å². The smallest absolute Gasteiger partial charge is 0.260 e. The molecule has 3 heteroatoms. The highest BCUT2D eigenvalue weighted by atomic mass is 16.5. The lowest BCUT2D eigenvalue weighted by atomic mass is 9.92. The SMILES string of the molecule is CN(C(=O)COc1ccc2c(c1)CCCC2)C1CCc2ccccc21. The van der Waals surface area contributed by atoms with Gasteiger partial charge in [0, 0.05) is 7.05 Å². The van der Waals surface area contributed by atoms with E-state index >= 15 is 0 Å². The molecule has 4 rings (SSSR count). The Labute approximate surface area is 149 Å². The van der Waals surface area contributed by atoms with Gasteiger partial charge in [-0.25, -0.2) is 0 Å². The second kappa shape index (κ2) is 6.91. The Morgan fingerprint density at radius 2 is 1.84 bits per heavy atom. The molecule has 0 aromatic heterocycles. The average Bonchev–Trinajstić information content (AvgIpc) is 3.09. The number of hydrogen-bond donors (Lipinski definition) is 0. The number of amides is 1. The van der Waals surface area contributed by atoms with Gasteiger partial charge in [-0.2, -0.15) is 0 Å². The van der Waals surface area contributed by atoms with Gasteiger partial charge < -0.3 is 9.64 Å². The monoisotopic (exact) mass is 335 g/mol.